The van der Waals surface area contributed by atoms with Crippen LogP contribution in [-0.4, -0.2) is 37.2 Å². The Bertz CT molecular complexity index is 1270. The summed E-state index contributed by atoms with van der Waals surface area (Å²) in [7, 11) is 0. The van der Waals surface area contributed by atoms with Crippen molar-refractivity contribution in [2.75, 3.05) is 13.2 Å². The topological polar surface area (TPSA) is 78.9 Å². The van der Waals surface area contributed by atoms with Gasteiger partial charge in [-0.2, -0.15) is 0 Å². The summed E-state index contributed by atoms with van der Waals surface area (Å²) in [4.78, 5) is 37.8. The van der Waals surface area contributed by atoms with Crippen molar-refractivity contribution in [3.63, 3.8) is 0 Å². The van der Waals surface area contributed by atoms with Crippen LogP contribution in [0.1, 0.15) is 252 Å². The van der Waals surface area contributed by atoms with Crippen molar-refractivity contribution in [2.24, 2.45) is 0 Å². The molecule has 0 saturated heterocycles. The Kier molecular flexibility index (Phi) is 50.4. The minimum atomic E-state index is -0.786. The molecule has 0 fully saturated rings. The third-order valence-electron chi connectivity index (χ3n) is 11.4. The second-order valence-corrected chi connectivity index (χ2v) is 17.8. The number of esters is 3. The van der Waals surface area contributed by atoms with E-state index in [-0.39, 0.29) is 31.1 Å². The van der Waals surface area contributed by atoms with Crippen molar-refractivity contribution in [1.29, 1.82) is 0 Å². The minimum Gasteiger partial charge on any atom is -0.462 e. The molecule has 0 amide bonds. The average Bonchev–Trinajstić information content (AvgIpc) is 3.30. The molecule has 0 aromatic rings. The molecule has 0 aliphatic rings. The van der Waals surface area contributed by atoms with E-state index in [1.54, 1.807) is 0 Å². The smallest absolute Gasteiger partial charge is 0.306 e. The van der Waals surface area contributed by atoms with Gasteiger partial charge in [0.1, 0.15) is 13.2 Å². The van der Waals surface area contributed by atoms with Gasteiger partial charge in [-0.25, -0.2) is 0 Å². The lowest BCUT2D eigenvalue weighted by atomic mass is 10.1. The Hall–Kier alpha value is -3.41. The summed E-state index contributed by atoms with van der Waals surface area (Å²) >= 11 is 0. The maximum Gasteiger partial charge on any atom is 0.306 e. The van der Waals surface area contributed by atoms with E-state index in [2.05, 4.69) is 106 Å². The molecule has 0 aliphatic heterocycles. The highest BCUT2D eigenvalue weighted by Gasteiger charge is 2.19. The Morgan fingerprint density at radius 2 is 0.600 bits per heavy atom. The fraction of sp³-hybridized carbons (Fsp3) is 0.712. The highest BCUT2D eigenvalue weighted by atomic mass is 16.6. The van der Waals surface area contributed by atoms with E-state index in [1.165, 1.54) is 103 Å². The van der Waals surface area contributed by atoms with E-state index in [1.807, 2.05) is 0 Å². The Morgan fingerprint density at radius 1 is 0.323 bits per heavy atom. The molecule has 0 bridgehead atoms. The van der Waals surface area contributed by atoms with Gasteiger partial charge < -0.3 is 14.2 Å². The van der Waals surface area contributed by atoms with E-state index in [0.717, 1.165) is 109 Å². The SMILES string of the molecule is CC/C=C\C/C=C\C/C=C\C/C=C\C/C=C\C/C=C\CCCCCCC(=O)OCC(COC(=O)CCCCCCCC)OC(=O)CCCCCCCCC/C=C\CCCCCCCCC. The monoisotopic (exact) mass is 905 g/mol. The molecule has 0 aromatic heterocycles. The molecule has 0 heterocycles. The summed E-state index contributed by atoms with van der Waals surface area (Å²) in [5, 5.41) is 0. The summed E-state index contributed by atoms with van der Waals surface area (Å²) in [5.74, 6) is -0.925. The van der Waals surface area contributed by atoms with Crippen molar-refractivity contribution in [3.05, 3.63) is 85.1 Å². The molecule has 372 valence electrons. The van der Waals surface area contributed by atoms with Gasteiger partial charge in [0.2, 0.25) is 0 Å². The fourth-order valence-electron chi connectivity index (χ4n) is 7.32. The van der Waals surface area contributed by atoms with Crippen LogP contribution in [0.4, 0.5) is 0 Å². The molecule has 6 heteroatoms. The van der Waals surface area contributed by atoms with Crippen LogP contribution < -0.4 is 0 Å². The van der Waals surface area contributed by atoms with Gasteiger partial charge in [-0.1, -0.05) is 221 Å². The lowest BCUT2D eigenvalue weighted by Gasteiger charge is -2.18. The van der Waals surface area contributed by atoms with E-state index in [4.69, 9.17) is 14.2 Å². The summed E-state index contributed by atoms with van der Waals surface area (Å²) < 4.78 is 16.7. The molecule has 0 spiro atoms. The molecule has 1 unspecified atom stereocenters. The zero-order valence-electron chi connectivity index (χ0n) is 42.5. The summed E-state index contributed by atoms with van der Waals surface area (Å²) in [6, 6.07) is 0. The van der Waals surface area contributed by atoms with Gasteiger partial charge in [0.25, 0.3) is 0 Å². The summed E-state index contributed by atoms with van der Waals surface area (Å²) in [5.41, 5.74) is 0. The molecular formula is C59H100O6. The third kappa shape index (κ3) is 51.4. The van der Waals surface area contributed by atoms with Crippen LogP contribution in [-0.2, 0) is 28.6 Å². The van der Waals surface area contributed by atoms with Crippen molar-refractivity contribution >= 4 is 17.9 Å². The lowest BCUT2D eigenvalue weighted by Crippen LogP contribution is -2.30. The van der Waals surface area contributed by atoms with Crippen LogP contribution in [0.15, 0.2) is 85.1 Å². The van der Waals surface area contributed by atoms with E-state index in [9.17, 15) is 14.4 Å². The third-order valence-corrected chi connectivity index (χ3v) is 11.4. The number of hydrogen-bond donors (Lipinski definition) is 0. The second kappa shape index (κ2) is 53.2. The van der Waals surface area contributed by atoms with Gasteiger partial charge in [-0.3, -0.25) is 14.4 Å². The first-order valence-electron chi connectivity index (χ1n) is 27.1. The van der Waals surface area contributed by atoms with Crippen LogP contribution >= 0.6 is 0 Å². The molecule has 0 N–H and O–H groups in total. The minimum absolute atomic E-state index is 0.0867. The molecule has 0 rings (SSSR count). The van der Waals surface area contributed by atoms with Crippen molar-refractivity contribution < 1.29 is 28.6 Å². The Balaban J connectivity index is 4.26. The van der Waals surface area contributed by atoms with Crippen LogP contribution in [0, 0.1) is 0 Å². The normalized spacial score (nSPS) is 12.7. The highest BCUT2D eigenvalue weighted by molar-refractivity contribution is 5.71. The van der Waals surface area contributed by atoms with E-state index < -0.39 is 6.10 Å². The van der Waals surface area contributed by atoms with E-state index >= 15 is 0 Å². The van der Waals surface area contributed by atoms with E-state index in [0.29, 0.717) is 19.3 Å². The fourth-order valence-corrected chi connectivity index (χ4v) is 7.32. The first kappa shape index (κ1) is 61.6. The van der Waals surface area contributed by atoms with Crippen molar-refractivity contribution in [2.45, 2.75) is 258 Å². The number of rotatable bonds is 48. The first-order valence-corrected chi connectivity index (χ1v) is 27.1. The lowest BCUT2D eigenvalue weighted by molar-refractivity contribution is -0.167. The predicted molar refractivity (Wildman–Crippen MR) is 279 cm³/mol. The zero-order valence-corrected chi connectivity index (χ0v) is 42.5. The predicted octanol–water partition coefficient (Wildman–Crippen LogP) is 18.0. The van der Waals surface area contributed by atoms with Gasteiger partial charge >= 0.3 is 17.9 Å². The van der Waals surface area contributed by atoms with Gasteiger partial charge in [0, 0.05) is 19.3 Å². The average molecular weight is 905 g/mol. The van der Waals surface area contributed by atoms with Gasteiger partial charge in [0.15, 0.2) is 6.10 Å². The molecule has 0 aliphatic carbocycles. The highest BCUT2D eigenvalue weighted by Crippen LogP contribution is 2.14. The summed E-state index contributed by atoms with van der Waals surface area (Å²) in [6.07, 6.45) is 68.8. The number of carbonyl (C=O) groups excluding carboxylic acids is 3. The van der Waals surface area contributed by atoms with Gasteiger partial charge in [-0.15, -0.1) is 0 Å². The first-order chi connectivity index (χ1) is 32.0. The molecule has 0 saturated carbocycles. The van der Waals surface area contributed by atoms with Gasteiger partial charge in [0.05, 0.1) is 0 Å². The summed E-state index contributed by atoms with van der Waals surface area (Å²) in [6.45, 7) is 6.44. The molecule has 0 aromatic carbocycles. The quantitative estimate of drug-likeness (QED) is 0.0262. The maximum atomic E-state index is 12.8. The largest absolute Gasteiger partial charge is 0.462 e. The van der Waals surface area contributed by atoms with Crippen molar-refractivity contribution in [1.82, 2.24) is 0 Å². The molecular weight excluding hydrogens is 805 g/mol. The molecule has 1 atom stereocenters. The number of hydrogen-bond acceptors (Lipinski definition) is 6. The number of unbranched alkanes of at least 4 members (excludes halogenated alkanes) is 23. The second-order valence-electron chi connectivity index (χ2n) is 17.8. The van der Waals surface area contributed by atoms with Crippen molar-refractivity contribution in [3.8, 4) is 0 Å². The standard InChI is InChI=1S/C59H100O6/c1-4-7-10-13-16-18-20-22-24-26-28-29-30-31-32-34-35-37-39-41-43-46-49-52-58(61)64-55-56(54-63-57(60)51-48-45-15-12-9-6-3)65-59(62)53-50-47-44-42-40-38-36-33-27-25-23-21-19-17-14-11-8-5-2/h7,10,16,18,22,24-25,27-29,31-32,35,37,56H,4-6,8-9,11-15,17,19-21,23,26,30,33-34,36,38-55H2,1-3H3/b10-7-,18-16-,24-22-,27-25-,29-28-,32-31-,37-35-. The number of carbonyl (C=O) groups is 3. The van der Waals surface area contributed by atoms with Crippen LogP contribution in [0.2, 0.25) is 0 Å². The number of ether oxygens (including phenoxy) is 3. The zero-order chi connectivity index (χ0) is 47.2. The van der Waals surface area contributed by atoms with Crippen LogP contribution in [0.3, 0.4) is 0 Å². The van der Waals surface area contributed by atoms with Crippen LogP contribution in [0.25, 0.3) is 0 Å². The molecule has 6 nitrogen and oxygen atoms in total. The Labute approximate surface area is 401 Å². The van der Waals surface area contributed by atoms with Gasteiger partial charge in [-0.05, 0) is 96.3 Å². The molecule has 0 radical (unpaired) electrons. The Morgan fingerprint density at radius 3 is 0.954 bits per heavy atom. The van der Waals surface area contributed by atoms with Crippen LogP contribution in [0.5, 0.6) is 0 Å². The maximum absolute atomic E-state index is 12.8. The number of allylic oxidation sites excluding steroid dienone is 14. The molecule has 65 heavy (non-hydrogen) atoms.